The molecule has 5 aromatic carbocycles. The van der Waals surface area contributed by atoms with E-state index in [1.54, 1.807) is 18.2 Å². The van der Waals surface area contributed by atoms with Crippen molar-refractivity contribution in [3.63, 3.8) is 0 Å². The van der Waals surface area contributed by atoms with Gasteiger partial charge in [0.2, 0.25) is 0 Å². The molecule has 55 heavy (non-hydrogen) atoms. The van der Waals surface area contributed by atoms with Gasteiger partial charge in [0, 0.05) is 57.2 Å². The van der Waals surface area contributed by atoms with Gasteiger partial charge in [-0.25, -0.2) is 0 Å². The summed E-state index contributed by atoms with van der Waals surface area (Å²) >= 11 is 0. The van der Waals surface area contributed by atoms with Gasteiger partial charge in [0.25, 0.3) is 0 Å². The number of aromatic nitrogens is 2. The summed E-state index contributed by atoms with van der Waals surface area (Å²) in [6, 6.07) is 43.8. The van der Waals surface area contributed by atoms with E-state index in [9.17, 15) is 0 Å². The van der Waals surface area contributed by atoms with Crippen molar-refractivity contribution < 1.29 is 38.2 Å². The molecule has 3 heterocycles. The summed E-state index contributed by atoms with van der Waals surface area (Å²) in [5, 5.41) is 1.91. The molecule has 1 radical (unpaired) electrons. The van der Waals surface area contributed by atoms with Gasteiger partial charge >= 0.3 is 0 Å². The number of hydrogen-bond donors (Lipinski definition) is 0. The number of furan rings is 1. The number of pyridine rings is 2. The quantitative estimate of drug-likeness (QED) is 0.162. The van der Waals surface area contributed by atoms with E-state index in [0.29, 0.717) is 33.5 Å². The van der Waals surface area contributed by atoms with E-state index >= 15 is 0 Å². The van der Waals surface area contributed by atoms with Crippen LogP contribution in [0.3, 0.4) is 0 Å². The molecule has 0 bridgehead atoms. The first-order chi connectivity index (χ1) is 30.2. The van der Waals surface area contributed by atoms with E-state index in [2.05, 4.69) is 90.5 Å². The fourth-order valence-corrected chi connectivity index (χ4v) is 7.14. The minimum atomic E-state index is -2.22. The van der Waals surface area contributed by atoms with Crippen LogP contribution in [0, 0.1) is 38.1 Å². The summed E-state index contributed by atoms with van der Waals surface area (Å²) in [7, 11) is 0. The van der Waals surface area contributed by atoms with Gasteiger partial charge in [0.15, 0.2) is 0 Å². The van der Waals surface area contributed by atoms with Crippen LogP contribution in [0.25, 0.3) is 66.7 Å². The molecule has 3 aromatic heterocycles. The maximum Gasteiger partial charge on any atom is 0.128 e. The zero-order valence-corrected chi connectivity index (χ0v) is 33.1. The molecule has 0 spiro atoms. The molecule has 9 rings (SSSR count). The zero-order valence-electron chi connectivity index (χ0n) is 40.7. The van der Waals surface area contributed by atoms with Gasteiger partial charge < -0.3 is 14.4 Å². The second kappa shape index (κ2) is 16.3. The van der Waals surface area contributed by atoms with Crippen molar-refractivity contribution in [2.45, 2.75) is 66.0 Å². The topological polar surface area (TPSA) is 38.9 Å². The van der Waals surface area contributed by atoms with Crippen LogP contribution in [0.15, 0.2) is 138 Å². The Labute approximate surface area is 353 Å². The molecule has 0 unspecified atom stereocenters. The molecule has 8 aromatic rings. The third-order valence-electron chi connectivity index (χ3n) is 10.4. The van der Waals surface area contributed by atoms with E-state index in [-0.39, 0.29) is 36.8 Å². The molecule has 0 amide bonds. The first kappa shape index (κ1) is 27.4. The predicted molar refractivity (Wildman–Crippen MR) is 224 cm³/mol. The molecule has 1 aliphatic rings. The van der Waals surface area contributed by atoms with Crippen molar-refractivity contribution >= 4 is 21.9 Å². The standard InChI is InChI=1S/C38H34NO.C13H12N.Ir/c1-25-20-23-39-35(24-25)34-9-5-8-33-32-7-4-6-31(36(32)40-37(33)34)30-16-14-27(15-17-30)26-10-12-28(13-11-26)29-18-21-38(2,3)22-19-29;1-10-3-6-12(7-4-10)13-8-5-11(2)9-14-13;/h4-8,10-17,20,23-24,29H,18-19,21-22H2,1-3H3;3-6,8-9H,1-2H3;/q2*-1;/i1D3,29D;1D3,2D3;. The molecule has 0 atom stereocenters. The maximum absolute atomic E-state index is 9.10. The van der Waals surface area contributed by atoms with Gasteiger partial charge in [-0.3, -0.25) is 0 Å². The number of aryl methyl sites for hydroxylation is 3. The first-order valence-corrected chi connectivity index (χ1v) is 18.2. The van der Waals surface area contributed by atoms with E-state index in [1.165, 1.54) is 36.7 Å². The van der Waals surface area contributed by atoms with Crippen molar-refractivity contribution in [1.82, 2.24) is 9.97 Å². The maximum atomic E-state index is 9.10. The molecule has 277 valence electrons. The zero-order chi connectivity index (χ0) is 45.7. The molecule has 1 saturated carbocycles. The minimum Gasteiger partial charge on any atom is -0.500 e. The van der Waals surface area contributed by atoms with Crippen LogP contribution in [0.5, 0.6) is 0 Å². The van der Waals surface area contributed by atoms with Crippen LogP contribution in [0.1, 0.15) is 81.4 Å². The van der Waals surface area contributed by atoms with Gasteiger partial charge in [-0.05, 0) is 96.0 Å². The van der Waals surface area contributed by atoms with Crippen molar-refractivity contribution in [3.8, 4) is 44.8 Å². The van der Waals surface area contributed by atoms with E-state index in [1.807, 2.05) is 24.3 Å². The number of fused-ring (bicyclic) bond motifs is 3. The predicted octanol–water partition coefficient (Wildman–Crippen LogP) is 13.9. The van der Waals surface area contributed by atoms with Crippen LogP contribution in [0.4, 0.5) is 0 Å². The monoisotopic (exact) mass is 905 g/mol. The summed E-state index contributed by atoms with van der Waals surface area (Å²) in [5.74, 6) is -0.491. The fourth-order valence-electron chi connectivity index (χ4n) is 7.14. The first-order valence-electron chi connectivity index (χ1n) is 23.2. The molecule has 3 nitrogen and oxygen atoms in total. The van der Waals surface area contributed by atoms with Gasteiger partial charge in [0.05, 0.1) is 5.58 Å². The Kier molecular flexibility index (Phi) is 8.13. The van der Waals surface area contributed by atoms with Crippen LogP contribution >= 0.6 is 0 Å². The van der Waals surface area contributed by atoms with Crippen LogP contribution < -0.4 is 0 Å². The second-order valence-corrected chi connectivity index (χ2v) is 14.7. The SMILES string of the molecule is [2H]C([2H])([2H])c1c[c-]c(-c2ccc(C([2H])([2H])[2H])cn2)cc1.[2H]C([2H])([2H])c1ccnc(-c2[c-]ccc3c2oc2c(-c4ccc(-c5ccc(C6([2H])CCC(C)(C)CC6)cc5)cc4)cccc23)c1.[Ir]. The van der Waals surface area contributed by atoms with E-state index < -0.39 is 26.4 Å². The Balaban J connectivity index is 0.000000253. The van der Waals surface area contributed by atoms with E-state index in [4.69, 9.17) is 18.1 Å². The van der Waals surface area contributed by atoms with Crippen molar-refractivity contribution in [2.24, 2.45) is 5.41 Å². The summed E-state index contributed by atoms with van der Waals surface area (Å²) in [6.07, 6.45) is 6.82. The largest absolute Gasteiger partial charge is 0.500 e. The third kappa shape index (κ3) is 8.42. The number of hydrogen-bond acceptors (Lipinski definition) is 3. The van der Waals surface area contributed by atoms with E-state index in [0.717, 1.165) is 69.9 Å². The summed E-state index contributed by atoms with van der Waals surface area (Å²) in [6.45, 7) is -1.94. The summed E-state index contributed by atoms with van der Waals surface area (Å²) < 4.78 is 82.7. The molecule has 4 heteroatoms. The number of benzene rings is 5. The molecular weight excluding hydrogens is 849 g/mol. The number of para-hydroxylation sites is 1. The molecule has 1 fully saturated rings. The smallest absolute Gasteiger partial charge is 0.128 e. The molecule has 0 aliphatic heterocycles. The molecule has 0 N–H and O–H groups in total. The average Bonchev–Trinajstić information content (AvgIpc) is 3.67. The summed E-state index contributed by atoms with van der Waals surface area (Å²) in [5.41, 5.74) is 10.1. The van der Waals surface area contributed by atoms with Gasteiger partial charge in [0.1, 0.15) is 5.58 Å². The Morgan fingerprint density at radius 2 is 1.40 bits per heavy atom. The minimum absolute atomic E-state index is 0. The molecule has 0 saturated heterocycles. The van der Waals surface area contributed by atoms with Gasteiger partial charge in [-0.2, -0.15) is 0 Å². The van der Waals surface area contributed by atoms with Crippen molar-refractivity contribution in [2.75, 3.05) is 0 Å². The number of nitrogens with zero attached hydrogens (tertiary/aromatic N) is 2. The summed E-state index contributed by atoms with van der Waals surface area (Å²) in [4.78, 5) is 8.53. The Morgan fingerprint density at radius 3 is 2.09 bits per heavy atom. The van der Waals surface area contributed by atoms with Gasteiger partial charge in [-0.1, -0.05) is 122 Å². The second-order valence-electron chi connectivity index (χ2n) is 14.7. The normalized spacial score (nSPS) is 17.9. The Bertz CT molecular complexity index is 2850. The Hall–Kier alpha value is -5.15. The van der Waals surface area contributed by atoms with Crippen LogP contribution in [-0.4, -0.2) is 9.97 Å². The fraction of sp³-hybridized carbons (Fsp3) is 0.216. The molecular formula is C51H46IrN2O-2. The van der Waals surface area contributed by atoms with Gasteiger partial charge in [-0.15, -0.1) is 53.6 Å². The third-order valence-corrected chi connectivity index (χ3v) is 10.4. The van der Waals surface area contributed by atoms with Crippen molar-refractivity contribution in [3.05, 3.63) is 168 Å². The molecule has 1 aliphatic carbocycles. The van der Waals surface area contributed by atoms with Crippen LogP contribution in [0.2, 0.25) is 0 Å². The number of rotatable bonds is 5. The van der Waals surface area contributed by atoms with Crippen molar-refractivity contribution in [1.29, 1.82) is 0 Å². The Morgan fingerprint density at radius 1 is 0.691 bits per heavy atom. The average molecular weight is 905 g/mol. The van der Waals surface area contributed by atoms with Crippen LogP contribution in [-0.2, 0) is 20.1 Å².